The summed E-state index contributed by atoms with van der Waals surface area (Å²) in [6.45, 7) is 0.887. The van der Waals surface area contributed by atoms with Gasteiger partial charge in [0.2, 0.25) is 0 Å². The minimum absolute atomic E-state index is 0.153. The van der Waals surface area contributed by atoms with Gasteiger partial charge in [-0.05, 0) is 49.9 Å². The largest absolute Gasteiger partial charge is 0.497 e. The molecule has 1 aliphatic rings. The minimum Gasteiger partial charge on any atom is -0.497 e. The second-order valence-corrected chi connectivity index (χ2v) is 5.65. The molecule has 4 heteroatoms. The Morgan fingerprint density at radius 1 is 1.42 bits per heavy atom. The topological polar surface area (TPSA) is 29.5 Å². The lowest BCUT2D eigenvalue weighted by molar-refractivity contribution is 0.0730. The summed E-state index contributed by atoms with van der Waals surface area (Å²) in [5, 5.41) is 1.01. The molecule has 2 rings (SSSR count). The van der Waals surface area contributed by atoms with Crippen LogP contribution in [0.4, 0.5) is 0 Å². The fourth-order valence-electron chi connectivity index (χ4n) is 2.62. The highest BCUT2D eigenvalue weighted by atomic mass is 79.9. The molecule has 0 bridgehead atoms. The molecule has 1 aliphatic heterocycles. The Labute approximate surface area is 123 Å². The van der Waals surface area contributed by atoms with Crippen molar-refractivity contribution >= 4 is 21.8 Å². The number of rotatable bonds is 5. The van der Waals surface area contributed by atoms with Crippen molar-refractivity contribution in [1.29, 1.82) is 0 Å². The second-order valence-electron chi connectivity index (χ2n) is 4.85. The first-order chi connectivity index (χ1) is 9.26. The number of likely N-dealkylation sites (tertiary alicyclic amines) is 1. The van der Waals surface area contributed by atoms with E-state index in [1.165, 1.54) is 0 Å². The van der Waals surface area contributed by atoms with E-state index in [1.807, 2.05) is 29.2 Å². The molecule has 1 aromatic carbocycles. The maximum absolute atomic E-state index is 12.5. The van der Waals surface area contributed by atoms with Crippen LogP contribution in [0.25, 0.3) is 0 Å². The lowest BCUT2D eigenvalue weighted by Crippen LogP contribution is -2.35. The molecule has 0 spiro atoms. The first-order valence-corrected chi connectivity index (χ1v) is 7.89. The molecule has 0 aliphatic carbocycles. The number of ether oxygens (including phenoxy) is 1. The Hall–Kier alpha value is -1.03. The van der Waals surface area contributed by atoms with Gasteiger partial charge in [-0.1, -0.05) is 15.9 Å². The third kappa shape index (κ3) is 3.50. The van der Waals surface area contributed by atoms with Gasteiger partial charge in [-0.2, -0.15) is 0 Å². The standard InChI is InChI=1S/C15H20BrNO2/c1-19-14-8-6-12(7-9-14)15(18)17-11-3-5-13(17)4-2-10-16/h6-9,13H,2-5,10-11H2,1H3. The Morgan fingerprint density at radius 3 is 2.79 bits per heavy atom. The molecule has 1 unspecified atom stereocenters. The van der Waals surface area contributed by atoms with E-state index in [1.54, 1.807) is 7.11 Å². The summed E-state index contributed by atoms with van der Waals surface area (Å²) >= 11 is 3.46. The van der Waals surface area contributed by atoms with Crippen LogP contribution < -0.4 is 4.74 Å². The van der Waals surface area contributed by atoms with Crippen LogP contribution in [0.1, 0.15) is 36.0 Å². The predicted molar refractivity (Wildman–Crippen MR) is 80.1 cm³/mol. The average molecular weight is 326 g/mol. The summed E-state index contributed by atoms with van der Waals surface area (Å²) in [7, 11) is 1.63. The van der Waals surface area contributed by atoms with Gasteiger partial charge in [0, 0.05) is 23.5 Å². The number of carbonyl (C=O) groups is 1. The van der Waals surface area contributed by atoms with Crippen LogP contribution in [0.15, 0.2) is 24.3 Å². The van der Waals surface area contributed by atoms with Crippen LogP contribution in [0.3, 0.4) is 0 Å². The first kappa shape index (κ1) is 14.4. The zero-order valence-corrected chi connectivity index (χ0v) is 12.9. The number of methoxy groups -OCH3 is 1. The molecule has 19 heavy (non-hydrogen) atoms. The van der Waals surface area contributed by atoms with Crippen LogP contribution in [-0.4, -0.2) is 35.8 Å². The Kier molecular flexibility index (Phi) is 5.25. The van der Waals surface area contributed by atoms with Crippen molar-refractivity contribution in [3.05, 3.63) is 29.8 Å². The molecule has 1 amide bonds. The maximum atomic E-state index is 12.5. The van der Waals surface area contributed by atoms with E-state index in [0.29, 0.717) is 6.04 Å². The summed E-state index contributed by atoms with van der Waals surface area (Å²) in [4.78, 5) is 14.5. The molecule has 1 atom stereocenters. The van der Waals surface area contributed by atoms with Crippen molar-refractivity contribution < 1.29 is 9.53 Å². The van der Waals surface area contributed by atoms with Crippen LogP contribution in [0.5, 0.6) is 5.75 Å². The quantitative estimate of drug-likeness (QED) is 0.776. The predicted octanol–water partition coefficient (Wildman–Crippen LogP) is 3.47. The average Bonchev–Trinajstić information content (AvgIpc) is 2.92. The molecule has 0 saturated carbocycles. The third-order valence-electron chi connectivity index (χ3n) is 3.65. The number of halogens is 1. The van der Waals surface area contributed by atoms with Crippen molar-refractivity contribution in [1.82, 2.24) is 4.90 Å². The summed E-state index contributed by atoms with van der Waals surface area (Å²) < 4.78 is 5.12. The number of carbonyl (C=O) groups excluding carboxylic acids is 1. The number of alkyl halides is 1. The van der Waals surface area contributed by atoms with Crippen LogP contribution >= 0.6 is 15.9 Å². The van der Waals surface area contributed by atoms with E-state index in [-0.39, 0.29) is 5.91 Å². The van der Waals surface area contributed by atoms with Crippen molar-refractivity contribution in [3.8, 4) is 5.75 Å². The lowest BCUT2D eigenvalue weighted by Gasteiger charge is -2.24. The van der Waals surface area contributed by atoms with Crippen LogP contribution in [0, 0.1) is 0 Å². The van der Waals surface area contributed by atoms with E-state index in [4.69, 9.17) is 4.74 Å². The number of hydrogen-bond acceptors (Lipinski definition) is 2. The molecule has 104 valence electrons. The highest BCUT2D eigenvalue weighted by Gasteiger charge is 2.28. The van der Waals surface area contributed by atoms with Gasteiger partial charge in [-0.15, -0.1) is 0 Å². The normalized spacial score (nSPS) is 18.6. The molecule has 0 aromatic heterocycles. The summed E-state index contributed by atoms with van der Waals surface area (Å²) in [6.07, 6.45) is 4.47. The minimum atomic E-state index is 0.153. The van der Waals surface area contributed by atoms with E-state index in [2.05, 4.69) is 15.9 Å². The number of hydrogen-bond donors (Lipinski definition) is 0. The fraction of sp³-hybridized carbons (Fsp3) is 0.533. The van der Waals surface area contributed by atoms with E-state index < -0.39 is 0 Å². The second kappa shape index (κ2) is 6.94. The SMILES string of the molecule is COc1ccc(C(=O)N2CCCC2CCCBr)cc1. The highest BCUT2D eigenvalue weighted by Crippen LogP contribution is 2.24. The Bertz CT molecular complexity index is 419. The molecule has 3 nitrogen and oxygen atoms in total. The zero-order chi connectivity index (χ0) is 13.7. The molecule has 0 N–H and O–H groups in total. The number of benzene rings is 1. The van der Waals surface area contributed by atoms with Gasteiger partial charge >= 0.3 is 0 Å². The summed E-state index contributed by atoms with van der Waals surface area (Å²) in [6, 6.07) is 7.79. The summed E-state index contributed by atoms with van der Waals surface area (Å²) in [5.41, 5.74) is 0.756. The van der Waals surface area contributed by atoms with Gasteiger partial charge in [-0.3, -0.25) is 4.79 Å². The van der Waals surface area contributed by atoms with E-state index >= 15 is 0 Å². The summed E-state index contributed by atoms with van der Waals surface area (Å²) in [5.74, 6) is 0.938. The van der Waals surface area contributed by atoms with E-state index in [9.17, 15) is 4.79 Å². The molecular formula is C15H20BrNO2. The van der Waals surface area contributed by atoms with Crippen molar-refractivity contribution in [2.24, 2.45) is 0 Å². The maximum Gasteiger partial charge on any atom is 0.254 e. The van der Waals surface area contributed by atoms with Gasteiger partial charge in [0.05, 0.1) is 7.11 Å². The molecule has 1 heterocycles. The molecule has 0 radical (unpaired) electrons. The van der Waals surface area contributed by atoms with E-state index in [0.717, 1.165) is 48.9 Å². The van der Waals surface area contributed by atoms with Crippen molar-refractivity contribution in [3.63, 3.8) is 0 Å². The first-order valence-electron chi connectivity index (χ1n) is 6.77. The van der Waals surface area contributed by atoms with Gasteiger partial charge in [0.15, 0.2) is 0 Å². The van der Waals surface area contributed by atoms with Crippen LogP contribution in [0.2, 0.25) is 0 Å². The van der Waals surface area contributed by atoms with Crippen molar-refractivity contribution in [2.75, 3.05) is 19.0 Å². The third-order valence-corrected chi connectivity index (χ3v) is 4.21. The molecule has 1 aromatic rings. The number of amides is 1. The highest BCUT2D eigenvalue weighted by molar-refractivity contribution is 9.09. The smallest absolute Gasteiger partial charge is 0.254 e. The molecule has 1 fully saturated rings. The lowest BCUT2D eigenvalue weighted by atomic mass is 10.1. The number of nitrogens with zero attached hydrogens (tertiary/aromatic N) is 1. The van der Waals surface area contributed by atoms with Gasteiger partial charge in [0.1, 0.15) is 5.75 Å². The van der Waals surface area contributed by atoms with Crippen LogP contribution in [-0.2, 0) is 0 Å². The fourth-order valence-corrected chi connectivity index (χ4v) is 2.94. The monoisotopic (exact) mass is 325 g/mol. The van der Waals surface area contributed by atoms with Gasteiger partial charge < -0.3 is 9.64 Å². The zero-order valence-electron chi connectivity index (χ0n) is 11.3. The Morgan fingerprint density at radius 2 is 2.16 bits per heavy atom. The van der Waals surface area contributed by atoms with Gasteiger partial charge in [0.25, 0.3) is 5.91 Å². The van der Waals surface area contributed by atoms with Gasteiger partial charge in [-0.25, -0.2) is 0 Å². The molecule has 1 saturated heterocycles. The Balaban J connectivity index is 2.04. The molecular weight excluding hydrogens is 306 g/mol. The van der Waals surface area contributed by atoms with Crippen molar-refractivity contribution in [2.45, 2.75) is 31.7 Å².